The lowest BCUT2D eigenvalue weighted by molar-refractivity contribution is 0.200. The Balaban J connectivity index is 2.20. The summed E-state index contributed by atoms with van der Waals surface area (Å²) in [6, 6.07) is 7.44. The Morgan fingerprint density at radius 1 is 1.53 bits per heavy atom. The second-order valence-electron chi connectivity index (χ2n) is 3.73. The molecule has 2 rings (SSSR count). The van der Waals surface area contributed by atoms with Crippen LogP contribution in [-0.4, -0.2) is 24.8 Å². The van der Waals surface area contributed by atoms with E-state index in [1.54, 1.807) is 12.1 Å². The van der Waals surface area contributed by atoms with Gasteiger partial charge in [0.2, 0.25) is 0 Å². The second-order valence-corrected chi connectivity index (χ2v) is 4.16. The number of halogens is 1. The molecule has 0 amide bonds. The summed E-state index contributed by atoms with van der Waals surface area (Å²) >= 11 is 5.81. The average molecular weight is 223 g/mol. The Morgan fingerprint density at radius 3 is 2.87 bits per heavy atom. The van der Waals surface area contributed by atoms with Gasteiger partial charge in [0.15, 0.2) is 0 Å². The molecule has 1 aromatic carbocycles. The van der Waals surface area contributed by atoms with Gasteiger partial charge in [0.05, 0.1) is 11.3 Å². The van der Waals surface area contributed by atoms with E-state index in [1.807, 2.05) is 6.07 Å². The van der Waals surface area contributed by atoms with Crippen LogP contribution in [0.2, 0.25) is 5.02 Å². The van der Waals surface area contributed by atoms with Crippen LogP contribution in [0.4, 0.5) is 5.69 Å². The zero-order chi connectivity index (χ0) is 10.8. The molecule has 0 aliphatic carbocycles. The smallest absolute Gasteiger partial charge is 0.101 e. The number of nitrogens with zero attached hydrogens (tertiary/aromatic N) is 2. The maximum atomic E-state index is 8.95. The minimum atomic E-state index is 0.214. The van der Waals surface area contributed by atoms with Crippen LogP contribution in [0.25, 0.3) is 0 Å². The van der Waals surface area contributed by atoms with Crippen molar-refractivity contribution in [1.29, 1.82) is 5.26 Å². The summed E-state index contributed by atoms with van der Waals surface area (Å²) in [6.07, 6.45) is 0. The van der Waals surface area contributed by atoms with E-state index in [0.29, 0.717) is 16.5 Å². The van der Waals surface area contributed by atoms with E-state index >= 15 is 0 Å². The highest BCUT2D eigenvalue weighted by Crippen LogP contribution is 2.29. The predicted octanol–water partition coefficient (Wildman–Crippen LogP) is 1.64. The number of hydrogen-bond donors (Lipinski definition) is 1. The molecule has 1 aliphatic heterocycles. The molecule has 0 aromatic heterocycles. The van der Waals surface area contributed by atoms with Gasteiger partial charge in [-0.2, -0.15) is 5.26 Å². The fourth-order valence-electron chi connectivity index (χ4n) is 1.76. The minimum Gasteiger partial charge on any atom is -0.396 e. The molecule has 1 saturated heterocycles. The summed E-state index contributed by atoms with van der Waals surface area (Å²) < 4.78 is 0. The Labute approximate surface area is 93.5 Å². The van der Waals surface area contributed by atoms with Gasteiger partial charge < -0.3 is 10.0 Å². The zero-order valence-electron chi connectivity index (χ0n) is 8.15. The van der Waals surface area contributed by atoms with Crippen LogP contribution in [-0.2, 0) is 0 Å². The van der Waals surface area contributed by atoms with Crippen LogP contribution in [0.1, 0.15) is 5.56 Å². The molecule has 0 saturated carbocycles. The number of benzene rings is 1. The number of aliphatic hydroxyl groups is 1. The van der Waals surface area contributed by atoms with E-state index in [0.717, 1.165) is 18.8 Å². The first-order chi connectivity index (χ1) is 7.24. The molecular formula is C11H11ClN2O. The third kappa shape index (κ3) is 1.92. The molecule has 0 unspecified atom stereocenters. The molecule has 0 spiro atoms. The van der Waals surface area contributed by atoms with Crippen molar-refractivity contribution in [2.75, 3.05) is 24.6 Å². The Bertz CT molecular complexity index is 408. The summed E-state index contributed by atoms with van der Waals surface area (Å²) in [4.78, 5) is 2.08. The van der Waals surface area contributed by atoms with Crippen molar-refractivity contribution in [3.8, 4) is 6.07 Å². The lowest BCUT2D eigenvalue weighted by Gasteiger charge is -2.40. The molecule has 1 heterocycles. The van der Waals surface area contributed by atoms with E-state index in [9.17, 15) is 0 Å². The normalized spacial score (nSPS) is 15.9. The van der Waals surface area contributed by atoms with E-state index in [2.05, 4.69) is 11.0 Å². The maximum Gasteiger partial charge on any atom is 0.101 e. The lowest BCUT2D eigenvalue weighted by Crippen LogP contribution is -2.48. The SMILES string of the molecule is N#Cc1cc(Cl)ccc1N1CC(CO)C1. The number of aliphatic hydroxyl groups excluding tert-OH is 1. The number of nitriles is 1. The Hall–Kier alpha value is -1.24. The minimum absolute atomic E-state index is 0.214. The number of hydrogen-bond acceptors (Lipinski definition) is 3. The molecule has 0 radical (unpaired) electrons. The fraction of sp³-hybridized carbons (Fsp3) is 0.364. The van der Waals surface area contributed by atoms with Crippen LogP contribution >= 0.6 is 11.6 Å². The molecule has 1 fully saturated rings. The highest BCUT2D eigenvalue weighted by Gasteiger charge is 2.27. The molecule has 4 heteroatoms. The first-order valence-electron chi connectivity index (χ1n) is 4.80. The largest absolute Gasteiger partial charge is 0.396 e. The highest BCUT2D eigenvalue weighted by molar-refractivity contribution is 6.30. The van der Waals surface area contributed by atoms with Crippen LogP contribution in [0.3, 0.4) is 0 Å². The molecule has 1 aromatic rings. The zero-order valence-corrected chi connectivity index (χ0v) is 8.91. The van der Waals surface area contributed by atoms with E-state index in [1.165, 1.54) is 0 Å². The van der Waals surface area contributed by atoms with E-state index in [-0.39, 0.29) is 6.61 Å². The third-order valence-corrected chi connectivity index (χ3v) is 2.87. The Morgan fingerprint density at radius 2 is 2.27 bits per heavy atom. The monoisotopic (exact) mass is 222 g/mol. The standard InChI is InChI=1S/C11H11ClN2O/c12-10-1-2-11(9(3-10)4-13)14-5-8(6-14)7-15/h1-3,8,15H,5-7H2. The molecule has 1 N–H and O–H groups in total. The first-order valence-corrected chi connectivity index (χ1v) is 5.18. The summed E-state index contributed by atoms with van der Waals surface area (Å²) in [7, 11) is 0. The highest BCUT2D eigenvalue weighted by atomic mass is 35.5. The van der Waals surface area contributed by atoms with Gasteiger partial charge in [0, 0.05) is 30.6 Å². The maximum absolute atomic E-state index is 8.95. The van der Waals surface area contributed by atoms with Crippen molar-refractivity contribution >= 4 is 17.3 Å². The van der Waals surface area contributed by atoms with Gasteiger partial charge in [0.25, 0.3) is 0 Å². The van der Waals surface area contributed by atoms with Crippen LogP contribution in [0.5, 0.6) is 0 Å². The van der Waals surface area contributed by atoms with E-state index in [4.69, 9.17) is 22.0 Å². The number of anilines is 1. The van der Waals surface area contributed by atoms with Crippen LogP contribution in [0.15, 0.2) is 18.2 Å². The molecule has 1 aliphatic rings. The Kier molecular flexibility index (Phi) is 2.81. The van der Waals surface area contributed by atoms with Crippen molar-refractivity contribution in [2.24, 2.45) is 5.92 Å². The van der Waals surface area contributed by atoms with Crippen molar-refractivity contribution in [3.63, 3.8) is 0 Å². The van der Waals surface area contributed by atoms with Gasteiger partial charge in [-0.3, -0.25) is 0 Å². The average Bonchev–Trinajstić information content (AvgIpc) is 2.18. The van der Waals surface area contributed by atoms with Crippen molar-refractivity contribution in [2.45, 2.75) is 0 Å². The quantitative estimate of drug-likeness (QED) is 0.828. The van der Waals surface area contributed by atoms with Gasteiger partial charge in [-0.15, -0.1) is 0 Å². The first kappa shape index (κ1) is 10.3. The number of rotatable bonds is 2. The second kappa shape index (κ2) is 4.09. The van der Waals surface area contributed by atoms with Gasteiger partial charge in [0.1, 0.15) is 6.07 Å². The van der Waals surface area contributed by atoms with Gasteiger partial charge in [-0.05, 0) is 18.2 Å². The van der Waals surface area contributed by atoms with Crippen molar-refractivity contribution in [3.05, 3.63) is 28.8 Å². The molecule has 0 bridgehead atoms. The van der Waals surface area contributed by atoms with E-state index < -0.39 is 0 Å². The summed E-state index contributed by atoms with van der Waals surface area (Å²) in [5.41, 5.74) is 1.51. The molecular weight excluding hydrogens is 212 g/mol. The molecule has 78 valence electrons. The topological polar surface area (TPSA) is 47.3 Å². The molecule has 15 heavy (non-hydrogen) atoms. The van der Waals surface area contributed by atoms with Gasteiger partial charge >= 0.3 is 0 Å². The van der Waals surface area contributed by atoms with Crippen molar-refractivity contribution in [1.82, 2.24) is 0 Å². The summed E-state index contributed by atoms with van der Waals surface area (Å²) in [5, 5.41) is 18.4. The van der Waals surface area contributed by atoms with Crippen LogP contribution in [0, 0.1) is 17.2 Å². The summed E-state index contributed by atoms with van der Waals surface area (Å²) in [5.74, 6) is 0.340. The van der Waals surface area contributed by atoms with Crippen molar-refractivity contribution < 1.29 is 5.11 Å². The van der Waals surface area contributed by atoms with Gasteiger partial charge in [-0.25, -0.2) is 0 Å². The predicted molar refractivity (Wildman–Crippen MR) is 59.0 cm³/mol. The lowest BCUT2D eigenvalue weighted by atomic mass is 9.99. The molecule has 3 nitrogen and oxygen atoms in total. The summed E-state index contributed by atoms with van der Waals surface area (Å²) in [6.45, 7) is 1.84. The van der Waals surface area contributed by atoms with Crippen LogP contribution < -0.4 is 4.90 Å². The third-order valence-electron chi connectivity index (χ3n) is 2.64. The fourth-order valence-corrected chi connectivity index (χ4v) is 1.93. The molecule has 0 atom stereocenters. The van der Waals surface area contributed by atoms with Gasteiger partial charge in [-0.1, -0.05) is 11.6 Å².